The van der Waals surface area contributed by atoms with Gasteiger partial charge in [-0.2, -0.15) is 0 Å². The van der Waals surface area contributed by atoms with E-state index in [1.165, 1.54) is 0 Å². The highest BCUT2D eigenvalue weighted by Gasteiger charge is 2.24. The fourth-order valence-corrected chi connectivity index (χ4v) is 0.749. The first-order chi connectivity index (χ1) is 3.29. The number of quaternary nitrogens is 1. The zero-order chi connectivity index (χ0) is 5.28. The van der Waals surface area contributed by atoms with Crippen LogP contribution in [0.1, 0.15) is 0 Å². The van der Waals surface area contributed by atoms with Crippen LogP contribution in [0.5, 0.6) is 0 Å². The van der Waals surface area contributed by atoms with Crippen molar-refractivity contribution in [1.82, 2.24) is 5.53 Å². The Morgan fingerprint density at radius 2 is 2.71 bits per heavy atom. The van der Waals surface area contributed by atoms with Crippen LogP contribution in [0.25, 0.3) is 0 Å². The maximum absolute atomic E-state index is 10.1. The van der Waals surface area contributed by atoms with Gasteiger partial charge < -0.3 is 5.21 Å². The molecule has 40 valence electrons. The van der Waals surface area contributed by atoms with E-state index in [1.807, 2.05) is 5.53 Å². The van der Waals surface area contributed by atoms with Crippen LogP contribution in [-0.4, -0.2) is 10.7 Å². The fraction of sp³-hybridized carbons (Fsp3) is 1.00. The van der Waals surface area contributed by atoms with Gasteiger partial charge in [0.25, 0.3) is 0 Å². The molecule has 1 rings (SSSR count). The number of hydrogen-bond acceptors (Lipinski definition) is 3. The topological polar surface area (TPSA) is 59.6 Å². The van der Waals surface area contributed by atoms with Gasteiger partial charge in [-0.15, -0.1) is 4.58 Å². The summed E-state index contributed by atoms with van der Waals surface area (Å²) >= 11 is 0.969. The summed E-state index contributed by atoms with van der Waals surface area (Å²) in [4.78, 5) is 10.5. The highest BCUT2D eigenvalue weighted by Crippen LogP contribution is 1.86. The summed E-state index contributed by atoms with van der Waals surface area (Å²) < 4.78 is -0.269. The first kappa shape index (κ1) is 4.82. The highest BCUT2D eigenvalue weighted by molar-refractivity contribution is 7.92. The minimum Gasteiger partial charge on any atom is -0.592 e. The molecule has 6 heteroatoms. The maximum Gasteiger partial charge on any atom is 0.329 e. The van der Waals surface area contributed by atoms with Crippen LogP contribution in [0.2, 0.25) is 0 Å². The van der Waals surface area contributed by atoms with Crippen LogP contribution in [0.4, 0.5) is 0 Å². The van der Waals surface area contributed by atoms with E-state index in [1.54, 1.807) is 0 Å². The molecule has 0 aromatic heterocycles. The summed E-state index contributed by atoms with van der Waals surface area (Å²) in [6, 6.07) is 0. The molecule has 0 radical (unpaired) electrons. The van der Waals surface area contributed by atoms with Crippen LogP contribution in [0.3, 0.4) is 0 Å². The molecule has 0 amide bonds. The Balaban J connectivity index is 2.40. The van der Waals surface area contributed by atoms with Crippen molar-refractivity contribution in [3.63, 3.8) is 0 Å². The summed E-state index contributed by atoms with van der Waals surface area (Å²) in [6.07, 6.45) is 0. The van der Waals surface area contributed by atoms with Gasteiger partial charge in [-0.25, -0.2) is 0 Å². The van der Waals surface area contributed by atoms with Crippen molar-refractivity contribution < 1.29 is 9.45 Å². The summed E-state index contributed by atoms with van der Waals surface area (Å²) in [6.45, 7) is 0. The Bertz CT molecular complexity index is 94.9. The molecule has 5 nitrogen and oxygen atoms in total. The number of nitrogens with one attached hydrogen (secondary N) is 2. The van der Waals surface area contributed by atoms with Gasteiger partial charge in [-0.05, 0) is 0 Å². The Hall–Kier alpha value is -0.330. The molecule has 2 N–H and O–H groups in total. The second-order valence-electron chi connectivity index (χ2n) is 1.05. The van der Waals surface area contributed by atoms with Crippen LogP contribution >= 0.6 is 11.9 Å². The van der Waals surface area contributed by atoms with E-state index < -0.39 is 0 Å². The molecule has 0 saturated carbocycles. The Morgan fingerprint density at radius 1 is 2.00 bits per heavy atom. The Labute approximate surface area is 43.9 Å². The summed E-state index contributed by atoms with van der Waals surface area (Å²) in [5, 5.41) is 10.1. The van der Waals surface area contributed by atoms with Gasteiger partial charge in [0, 0.05) is 5.53 Å². The van der Waals surface area contributed by atoms with Gasteiger partial charge in [0.15, 0.2) is 16.8 Å². The number of hydrogen-bond donors (Lipinski definition) is 2. The third kappa shape index (κ3) is 1.02. The lowest BCUT2D eigenvalue weighted by Gasteiger charge is -2.00. The minimum absolute atomic E-state index is 0.207. The van der Waals surface area contributed by atoms with Crippen molar-refractivity contribution in [3.8, 4) is 0 Å². The van der Waals surface area contributed by atoms with Crippen LogP contribution in [0, 0.1) is 10.1 Å². The number of rotatable bonds is 0. The largest absolute Gasteiger partial charge is 0.592 e. The predicted octanol–water partition coefficient (Wildman–Crippen LogP) is -1.81. The molecule has 1 aliphatic rings. The van der Waals surface area contributed by atoms with Gasteiger partial charge in [0.05, 0.1) is 4.91 Å². The average molecular weight is 122 g/mol. The van der Waals surface area contributed by atoms with E-state index in [0.29, 0.717) is 4.87 Å². The molecule has 0 spiro atoms. The van der Waals surface area contributed by atoms with Crippen molar-refractivity contribution >= 4 is 11.9 Å². The zero-order valence-electron chi connectivity index (χ0n) is 3.38. The van der Waals surface area contributed by atoms with Gasteiger partial charge >= 0.3 is 5.88 Å². The summed E-state index contributed by atoms with van der Waals surface area (Å²) in [5.74, 6) is 0.207. The van der Waals surface area contributed by atoms with E-state index in [-0.39, 0.29) is 10.5 Å². The molecule has 1 unspecified atom stereocenters. The number of nitrogens with zero attached hydrogens (tertiary/aromatic N) is 1. The average Bonchev–Trinajstić information content (AvgIpc) is 1.87. The summed E-state index contributed by atoms with van der Waals surface area (Å²) in [7, 11) is 0. The molecule has 0 aromatic carbocycles. The van der Waals surface area contributed by atoms with E-state index >= 15 is 0 Å². The van der Waals surface area contributed by atoms with Gasteiger partial charge in [0.2, 0.25) is 0 Å². The van der Waals surface area contributed by atoms with E-state index in [9.17, 15) is 10.1 Å². The molecule has 1 atom stereocenters. The quantitative estimate of drug-likeness (QED) is 0.226. The zero-order valence-corrected chi connectivity index (χ0v) is 4.20. The second-order valence-corrected chi connectivity index (χ2v) is 1.97. The monoisotopic (exact) mass is 122 g/mol. The lowest BCUT2D eigenvalue weighted by atomic mass is 11.5. The van der Waals surface area contributed by atoms with Crippen molar-refractivity contribution in [2.45, 2.75) is 0 Å². The highest BCUT2D eigenvalue weighted by atomic mass is 32.2. The predicted molar refractivity (Wildman–Crippen MR) is 23.6 cm³/mol. The van der Waals surface area contributed by atoms with Crippen LogP contribution in [0.15, 0.2) is 0 Å². The van der Waals surface area contributed by atoms with Crippen molar-refractivity contribution in [3.05, 3.63) is 10.1 Å². The molecular formula is CH4N3O2S+. The number of nitroso groups, excluding NO2 is 1. The van der Waals surface area contributed by atoms with E-state index in [2.05, 4.69) is 0 Å². The molecule has 0 bridgehead atoms. The standard InChI is InChI=1S/CH4N3O2S/c5-3-1-7-4(6)2-3/h4H,1H2,(H,2,5)/q+1. The minimum atomic E-state index is -0.269. The molecule has 1 fully saturated rings. The molecular weight excluding hydrogens is 118 g/mol. The van der Waals surface area contributed by atoms with Crippen molar-refractivity contribution in [2.24, 2.45) is 0 Å². The van der Waals surface area contributed by atoms with Crippen molar-refractivity contribution in [2.75, 3.05) is 5.88 Å². The van der Waals surface area contributed by atoms with Crippen LogP contribution < -0.4 is 10.1 Å². The smallest absolute Gasteiger partial charge is 0.329 e. The first-order valence-electron chi connectivity index (χ1n) is 1.67. The number of hydrazine groups is 1. The second kappa shape index (κ2) is 1.65. The van der Waals surface area contributed by atoms with E-state index in [4.69, 9.17) is 0 Å². The Morgan fingerprint density at radius 3 is 2.86 bits per heavy atom. The molecule has 1 heterocycles. The van der Waals surface area contributed by atoms with Gasteiger partial charge in [0.1, 0.15) is 0 Å². The molecule has 1 aliphatic heterocycles. The summed E-state index contributed by atoms with van der Waals surface area (Å²) in [5.41, 5.74) is 2.02. The fourth-order valence-electron chi connectivity index (χ4n) is 0.284. The molecule has 7 heavy (non-hydrogen) atoms. The van der Waals surface area contributed by atoms with Gasteiger partial charge in [-0.3, -0.25) is 0 Å². The third-order valence-electron chi connectivity index (χ3n) is 0.529. The van der Waals surface area contributed by atoms with E-state index in [0.717, 1.165) is 11.9 Å². The van der Waals surface area contributed by atoms with Crippen molar-refractivity contribution in [1.29, 1.82) is 0 Å². The van der Waals surface area contributed by atoms with Gasteiger partial charge in [-0.1, -0.05) is 0 Å². The SMILES string of the molecule is O=[N+]1CS[NH+]([O-])N1. The molecule has 0 aliphatic carbocycles. The lowest BCUT2D eigenvalue weighted by Crippen LogP contribution is -3.06. The lowest BCUT2D eigenvalue weighted by molar-refractivity contribution is -0.887. The Kier molecular flexibility index (Phi) is 1.13. The molecule has 0 aromatic rings. The molecule has 1 saturated heterocycles. The van der Waals surface area contributed by atoms with Crippen LogP contribution in [-0.2, 0) is 0 Å². The maximum atomic E-state index is 10.1. The first-order valence-corrected chi connectivity index (χ1v) is 2.65. The third-order valence-corrected chi connectivity index (χ3v) is 1.25. The normalized spacial score (nSPS) is 30.4.